The Morgan fingerprint density at radius 1 is 1.25 bits per heavy atom. The summed E-state index contributed by atoms with van der Waals surface area (Å²) in [4.78, 5) is 10.7. The summed E-state index contributed by atoms with van der Waals surface area (Å²) < 4.78 is 41.3. The van der Waals surface area contributed by atoms with E-state index < -0.39 is 29.1 Å². The van der Waals surface area contributed by atoms with Crippen molar-refractivity contribution in [3.05, 3.63) is 29.5 Å². The number of benzene rings is 1. The SMILES string of the molecule is COc1c(-c2cc(C(=O)O)on2)cc(F)c(F)c1OC. The molecule has 2 aromatic rings. The van der Waals surface area contributed by atoms with Gasteiger partial charge in [-0.2, -0.15) is 4.39 Å². The highest BCUT2D eigenvalue weighted by Crippen LogP contribution is 2.40. The summed E-state index contributed by atoms with van der Waals surface area (Å²) in [5.41, 5.74) is -0.00375. The molecule has 0 saturated carbocycles. The normalized spacial score (nSPS) is 10.4. The van der Waals surface area contributed by atoms with Gasteiger partial charge in [0.05, 0.1) is 19.8 Å². The minimum absolute atomic E-state index is 0.0134. The van der Waals surface area contributed by atoms with E-state index in [1.807, 2.05) is 0 Å². The predicted octanol–water partition coefficient (Wildman–Crippen LogP) is 2.34. The van der Waals surface area contributed by atoms with Gasteiger partial charge in [0.15, 0.2) is 11.6 Å². The Morgan fingerprint density at radius 2 is 1.90 bits per heavy atom. The highest BCUT2D eigenvalue weighted by molar-refractivity contribution is 5.86. The van der Waals surface area contributed by atoms with Crippen LogP contribution >= 0.6 is 0 Å². The lowest BCUT2D eigenvalue weighted by atomic mass is 10.1. The molecule has 0 aliphatic rings. The Kier molecular flexibility index (Phi) is 3.55. The molecule has 106 valence electrons. The van der Waals surface area contributed by atoms with Crippen LogP contribution < -0.4 is 9.47 Å². The van der Waals surface area contributed by atoms with E-state index in [1.54, 1.807) is 0 Å². The number of aromatic nitrogens is 1. The third-order valence-corrected chi connectivity index (χ3v) is 2.54. The number of rotatable bonds is 4. The van der Waals surface area contributed by atoms with E-state index in [9.17, 15) is 13.6 Å². The first kappa shape index (κ1) is 13.8. The number of carbonyl (C=O) groups is 1. The first-order valence-corrected chi connectivity index (χ1v) is 5.30. The van der Waals surface area contributed by atoms with Crippen molar-refractivity contribution in [3.63, 3.8) is 0 Å². The number of hydrogen-bond acceptors (Lipinski definition) is 5. The molecule has 20 heavy (non-hydrogen) atoms. The zero-order valence-corrected chi connectivity index (χ0v) is 10.4. The second-order valence-electron chi connectivity index (χ2n) is 3.67. The van der Waals surface area contributed by atoms with Crippen molar-refractivity contribution in [2.75, 3.05) is 14.2 Å². The average Bonchev–Trinajstić information content (AvgIpc) is 2.90. The smallest absolute Gasteiger partial charge is 0.374 e. The Bertz CT molecular complexity index is 668. The molecule has 1 heterocycles. The summed E-state index contributed by atoms with van der Waals surface area (Å²) in [6.45, 7) is 0. The lowest BCUT2D eigenvalue weighted by Crippen LogP contribution is -1.99. The summed E-state index contributed by atoms with van der Waals surface area (Å²) in [6.07, 6.45) is 0. The second-order valence-corrected chi connectivity index (χ2v) is 3.67. The van der Waals surface area contributed by atoms with E-state index in [2.05, 4.69) is 9.68 Å². The van der Waals surface area contributed by atoms with Crippen LogP contribution in [0.1, 0.15) is 10.6 Å². The molecule has 1 N–H and O–H groups in total. The molecule has 0 atom stereocenters. The van der Waals surface area contributed by atoms with Gasteiger partial charge in [-0.3, -0.25) is 0 Å². The van der Waals surface area contributed by atoms with Crippen LogP contribution in [0.4, 0.5) is 8.78 Å². The molecule has 0 unspecified atom stereocenters. The van der Waals surface area contributed by atoms with E-state index in [0.717, 1.165) is 19.2 Å². The third-order valence-electron chi connectivity index (χ3n) is 2.54. The van der Waals surface area contributed by atoms with Gasteiger partial charge in [0.1, 0.15) is 5.69 Å². The molecule has 0 bridgehead atoms. The highest BCUT2D eigenvalue weighted by Gasteiger charge is 2.24. The maximum absolute atomic E-state index is 13.6. The Morgan fingerprint density at radius 3 is 2.40 bits per heavy atom. The standard InChI is InChI=1S/C12H9F2NO5/c1-18-10-5(3-6(13)9(14)11(10)19-2)7-4-8(12(16)17)20-15-7/h3-4H,1-2H3,(H,16,17). The van der Waals surface area contributed by atoms with Gasteiger partial charge in [-0.25, -0.2) is 9.18 Å². The van der Waals surface area contributed by atoms with Crippen LogP contribution in [0.25, 0.3) is 11.3 Å². The molecule has 0 fully saturated rings. The molecule has 0 saturated heterocycles. The molecular weight excluding hydrogens is 276 g/mol. The van der Waals surface area contributed by atoms with Crippen LogP contribution in [0.3, 0.4) is 0 Å². The van der Waals surface area contributed by atoms with Crippen molar-refractivity contribution in [1.82, 2.24) is 5.16 Å². The quantitative estimate of drug-likeness (QED) is 0.928. The minimum atomic E-state index is -1.34. The van der Waals surface area contributed by atoms with Crippen molar-refractivity contribution in [3.8, 4) is 22.8 Å². The summed E-state index contributed by atoms with van der Waals surface area (Å²) in [7, 11) is 2.38. The van der Waals surface area contributed by atoms with E-state index in [-0.39, 0.29) is 17.0 Å². The van der Waals surface area contributed by atoms with Gasteiger partial charge >= 0.3 is 5.97 Å². The Hall–Kier alpha value is -2.64. The molecule has 0 spiro atoms. The fourth-order valence-corrected chi connectivity index (χ4v) is 1.66. The monoisotopic (exact) mass is 285 g/mol. The van der Waals surface area contributed by atoms with Crippen LogP contribution in [0.2, 0.25) is 0 Å². The number of halogens is 2. The highest BCUT2D eigenvalue weighted by atomic mass is 19.2. The number of aromatic carboxylic acids is 1. The molecule has 8 heteroatoms. The van der Waals surface area contributed by atoms with Crippen LogP contribution in [0.15, 0.2) is 16.7 Å². The maximum Gasteiger partial charge on any atom is 0.374 e. The van der Waals surface area contributed by atoms with E-state index >= 15 is 0 Å². The number of nitrogens with zero attached hydrogens (tertiary/aromatic N) is 1. The molecule has 0 radical (unpaired) electrons. The van der Waals surface area contributed by atoms with Crippen molar-refractivity contribution in [2.24, 2.45) is 0 Å². The van der Waals surface area contributed by atoms with Crippen LogP contribution in [-0.2, 0) is 0 Å². The van der Waals surface area contributed by atoms with Gasteiger partial charge in [0.2, 0.25) is 17.3 Å². The lowest BCUT2D eigenvalue weighted by Gasteiger charge is -2.12. The fraction of sp³-hybridized carbons (Fsp3) is 0.167. The molecule has 2 rings (SSSR count). The van der Waals surface area contributed by atoms with Crippen molar-refractivity contribution in [1.29, 1.82) is 0 Å². The average molecular weight is 285 g/mol. The Labute approximate surface area is 111 Å². The first-order valence-electron chi connectivity index (χ1n) is 5.30. The van der Waals surface area contributed by atoms with E-state index in [1.165, 1.54) is 7.11 Å². The number of carboxylic acids is 1. The maximum atomic E-state index is 13.6. The van der Waals surface area contributed by atoms with E-state index in [4.69, 9.17) is 14.6 Å². The summed E-state index contributed by atoms with van der Waals surface area (Å²) in [5, 5.41) is 12.2. The molecule has 6 nitrogen and oxygen atoms in total. The van der Waals surface area contributed by atoms with Crippen molar-refractivity contribution >= 4 is 5.97 Å². The molecular formula is C12H9F2NO5. The zero-order chi connectivity index (χ0) is 14.9. The molecule has 0 aliphatic carbocycles. The number of ether oxygens (including phenoxy) is 2. The van der Waals surface area contributed by atoms with Gasteiger partial charge in [-0.05, 0) is 6.07 Å². The zero-order valence-electron chi connectivity index (χ0n) is 10.4. The van der Waals surface area contributed by atoms with E-state index in [0.29, 0.717) is 0 Å². The minimum Gasteiger partial charge on any atom is -0.492 e. The number of carboxylic acid groups (broad SMARTS) is 1. The summed E-state index contributed by atoms with van der Waals surface area (Å²) in [6, 6.07) is 1.89. The van der Waals surface area contributed by atoms with Crippen LogP contribution in [-0.4, -0.2) is 30.5 Å². The fourth-order valence-electron chi connectivity index (χ4n) is 1.66. The number of hydrogen-bond donors (Lipinski definition) is 1. The number of methoxy groups -OCH3 is 2. The van der Waals surface area contributed by atoms with Gasteiger partial charge in [-0.1, -0.05) is 5.16 Å². The lowest BCUT2D eigenvalue weighted by molar-refractivity contribution is 0.0652. The first-order chi connectivity index (χ1) is 9.49. The molecule has 0 amide bonds. The molecule has 1 aromatic carbocycles. The Balaban J connectivity index is 2.66. The largest absolute Gasteiger partial charge is 0.492 e. The predicted molar refractivity (Wildman–Crippen MR) is 61.9 cm³/mol. The molecule has 0 aliphatic heterocycles. The topological polar surface area (TPSA) is 81.8 Å². The molecule has 1 aromatic heterocycles. The van der Waals surface area contributed by atoms with Crippen LogP contribution in [0.5, 0.6) is 11.5 Å². The van der Waals surface area contributed by atoms with Gasteiger partial charge in [-0.15, -0.1) is 0 Å². The second kappa shape index (κ2) is 5.16. The van der Waals surface area contributed by atoms with Gasteiger partial charge < -0.3 is 19.1 Å². The third kappa shape index (κ3) is 2.15. The summed E-state index contributed by atoms with van der Waals surface area (Å²) in [5.74, 6) is -4.73. The van der Waals surface area contributed by atoms with Gasteiger partial charge in [0, 0.05) is 6.07 Å². The van der Waals surface area contributed by atoms with Crippen molar-refractivity contribution < 1.29 is 32.7 Å². The van der Waals surface area contributed by atoms with Gasteiger partial charge in [0.25, 0.3) is 0 Å². The van der Waals surface area contributed by atoms with Crippen molar-refractivity contribution in [2.45, 2.75) is 0 Å². The summed E-state index contributed by atoms with van der Waals surface area (Å²) >= 11 is 0. The van der Waals surface area contributed by atoms with Crippen LogP contribution in [0, 0.1) is 11.6 Å².